The van der Waals surface area contributed by atoms with Crippen LogP contribution in [0.1, 0.15) is 38.7 Å². The van der Waals surface area contributed by atoms with Gasteiger partial charge in [0.1, 0.15) is 5.82 Å². The van der Waals surface area contributed by atoms with Crippen molar-refractivity contribution in [2.45, 2.75) is 39.5 Å². The van der Waals surface area contributed by atoms with Crippen LogP contribution in [0.15, 0.2) is 29.3 Å². The summed E-state index contributed by atoms with van der Waals surface area (Å²) in [6.45, 7) is 5.67. The third-order valence-electron chi connectivity index (χ3n) is 4.04. The number of unbranched alkanes of at least 4 members (excludes halogenated alkanes) is 1. The highest BCUT2D eigenvalue weighted by atomic mass is 127. The van der Waals surface area contributed by atoms with Gasteiger partial charge >= 0.3 is 0 Å². The smallest absolute Gasteiger partial charge is 0.222 e. The fraction of sp³-hybridized carbons (Fsp3) is 0.579. The number of nitrogens with one attached hydrogen (secondary N) is 2. The molecule has 0 bridgehead atoms. The molecule has 7 heteroatoms. The van der Waals surface area contributed by atoms with Gasteiger partial charge in [0.25, 0.3) is 0 Å². The van der Waals surface area contributed by atoms with Crippen LogP contribution in [0.5, 0.6) is 0 Å². The van der Waals surface area contributed by atoms with Gasteiger partial charge in [0.05, 0.1) is 5.92 Å². The summed E-state index contributed by atoms with van der Waals surface area (Å²) in [6, 6.07) is 6.12. The highest BCUT2D eigenvalue weighted by molar-refractivity contribution is 14.0. The average Bonchev–Trinajstić information content (AvgIpc) is 2.57. The van der Waals surface area contributed by atoms with Gasteiger partial charge in [-0.15, -0.1) is 24.0 Å². The van der Waals surface area contributed by atoms with Gasteiger partial charge in [0, 0.05) is 20.1 Å². The number of carbonyl (C=O) groups excluding carboxylic acids is 1. The fourth-order valence-electron chi connectivity index (χ4n) is 2.50. The lowest BCUT2D eigenvalue weighted by Gasteiger charge is -2.17. The quantitative estimate of drug-likeness (QED) is 0.209. The lowest BCUT2D eigenvalue weighted by molar-refractivity contribution is -0.121. The van der Waals surface area contributed by atoms with Crippen LogP contribution < -0.4 is 16.4 Å². The van der Waals surface area contributed by atoms with E-state index < -0.39 is 0 Å². The van der Waals surface area contributed by atoms with E-state index in [9.17, 15) is 9.18 Å². The maximum atomic E-state index is 13.0. The topological polar surface area (TPSA) is 79.5 Å². The normalized spacial score (nSPS) is 12.4. The number of amides is 1. The van der Waals surface area contributed by atoms with E-state index in [0.29, 0.717) is 18.9 Å². The molecule has 0 saturated heterocycles. The van der Waals surface area contributed by atoms with Gasteiger partial charge < -0.3 is 16.4 Å². The Morgan fingerprint density at radius 3 is 2.38 bits per heavy atom. The number of benzene rings is 1. The molecule has 1 unspecified atom stereocenters. The predicted octanol–water partition coefficient (Wildman–Crippen LogP) is 3.08. The number of carbonyl (C=O) groups is 1. The van der Waals surface area contributed by atoms with E-state index >= 15 is 0 Å². The van der Waals surface area contributed by atoms with Crippen molar-refractivity contribution in [3.05, 3.63) is 35.6 Å². The van der Waals surface area contributed by atoms with Gasteiger partial charge in [-0.1, -0.05) is 38.8 Å². The molecule has 1 aromatic rings. The first-order chi connectivity index (χ1) is 11.9. The molecular weight excluding hydrogens is 446 g/mol. The van der Waals surface area contributed by atoms with E-state index in [2.05, 4.69) is 29.5 Å². The highest BCUT2D eigenvalue weighted by Crippen LogP contribution is 2.09. The van der Waals surface area contributed by atoms with Gasteiger partial charge in [0.2, 0.25) is 5.91 Å². The van der Waals surface area contributed by atoms with Crippen molar-refractivity contribution in [1.29, 1.82) is 0 Å². The number of nitrogens with zero attached hydrogens (tertiary/aromatic N) is 1. The molecule has 1 aromatic carbocycles. The summed E-state index contributed by atoms with van der Waals surface area (Å²) in [5.41, 5.74) is 6.38. The molecule has 1 rings (SSSR count). The summed E-state index contributed by atoms with van der Waals surface area (Å²) in [5, 5.41) is 6.39. The van der Waals surface area contributed by atoms with E-state index in [4.69, 9.17) is 5.73 Å². The molecule has 148 valence electrons. The van der Waals surface area contributed by atoms with Gasteiger partial charge in [-0.2, -0.15) is 0 Å². The summed E-state index contributed by atoms with van der Waals surface area (Å²) in [6.07, 6.45) is 3.94. The molecule has 4 N–H and O–H groups in total. The third kappa shape index (κ3) is 10.6. The minimum absolute atomic E-state index is 0. The second-order valence-corrected chi connectivity index (χ2v) is 6.70. The first kappa shape index (κ1) is 24.6. The molecule has 0 heterocycles. The van der Waals surface area contributed by atoms with Crippen LogP contribution in [0.4, 0.5) is 4.39 Å². The van der Waals surface area contributed by atoms with Crippen molar-refractivity contribution in [1.82, 2.24) is 10.6 Å². The lowest BCUT2D eigenvalue weighted by Crippen LogP contribution is -2.43. The van der Waals surface area contributed by atoms with Gasteiger partial charge in [-0.25, -0.2) is 4.39 Å². The number of aliphatic imine (C=N–C) groups is 1. The van der Waals surface area contributed by atoms with Crippen molar-refractivity contribution in [2.24, 2.45) is 22.6 Å². The minimum Gasteiger partial charge on any atom is -0.369 e. The molecule has 0 fully saturated rings. The molecular formula is C19H32FIN4O. The molecule has 0 spiro atoms. The number of primary amides is 1. The second kappa shape index (κ2) is 13.8. The van der Waals surface area contributed by atoms with Crippen LogP contribution in [-0.4, -0.2) is 32.0 Å². The maximum Gasteiger partial charge on any atom is 0.222 e. The van der Waals surface area contributed by atoms with Crippen molar-refractivity contribution >= 4 is 35.8 Å². The van der Waals surface area contributed by atoms with Crippen molar-refractivity contribution in [3.63, 3.8) is 0 Å². The number of guanidine groups is 1. The van der Waals surface area contributed by atoms with Gasteiger partial charge in [-0.3, -0.25) is 9.79 Å². The zero-order chi connectivity index (χ0) is 18.7. The Morgan fingerprint density at radius 1 is 1.19 bits per heavy atom. The van der Waals surface area contributed by atoms with Crippen molar-refractivity contribution < 1.29 is 9.18 Å². The average molecular weight is 478 g/mol. The Labute approximate surface area is 173 Å². The summed E-state index contributed by atoms with van der Waals surface area (Å²) >= 11 is 0. The molecule has 0 aliphatic heterocycles. The molecule has 0 aromatic heterocycles. The standard InChI is InChI=1S/C19H31FN4O.HI/c1-14(2)6-4-5-11-23-19(22-3)24-13-16(18(21)25)12-15-7-9-17(20)10-8-15;/h7-10,14,16H,4-6,11-13H2,1-3H3,(H2,21,25)(H2,22,23,24);1H. The molecule has 26 heavy (non-hydrogen) atoms. The number of rotatable bonds is 10. The molecule has 0 saturated carbocycles. The van der Waals surface area contributed by atoms with E-state index in [-0.39, 0.29) is 41.6 Å². The molecule has 0 radical (unpaired) electrons. The van der Waals surface area contributed by atoms with Gasteiger partial charge in [-0.05, 0) is 36.5 Å². The molecule has 1 amide bonds. The fourth-order valence-corrected chi connectivity index (χ4v) is 2.50. The number of hydrogen-bond acceptors (Lipinski definition) is 2. The van der Waals surface area contributed by atoms with E-state index in [1.165, 1.54) is 25.0 Å². The monoisotopic (exact) mass is 478 g/mol. The van der Waals surface area contributed by atoms with Crippen molar-refractivity contribution in [2.75, 3.05) is 20.1 Å². The number of nitrogens with two attached hydrogens (primary N) is 1. The summed E-state index contributed by atoms with van der Waals surface area (Å²) in [4.78, 5) is 15.8. The summed E-state index contributed by atoms with van der Waals surface area (Å²) in [5.74, 6) is 0.323. The Morgan fingerprint density at radius 2 is 1.85 bits per heavy atom. The zero-order valence-corrected chi connectivity index (χ0v) is 18.3. The van der Waals surface area contributed by atoms with Crippen molar-refractivity contribution in [3.8, 4) is 0 Å². The Bertz CT molecular complexity index is 549. The minimum atomic E-state index is -0.385. The maximum absolute atomic E-state index is 13.0. The van der Waals surface area contributed by atoms with E-state index in [1.54, 1.807) is 19.2 Å². The number of halogens is 2. The van der Waals surface area contributed by atoms with Crippen LogP contribution >= 0.6 is 24.0 Å². The van der Waals surface area contributed by atoms with E-state index in [1.807, 2.05) is 0 Å². The summed E-state index contributed by atoms with van der Waals surface area (Å²) in [7, 11) is 1.70. The van der Waals surface area contributed by atoms with Gasteiger partial charge in [0.15, 0.2) is 5.96 Å². The SMILES string of the molecule is CN=C(NCCCCC(C)C)NCC(Cc1ccc(F)cc1)C(N)=O.I. The third-order valence-corrected chi connectivity index (χ3v) is 4.04. The Balaban J connectivity index is 0.00000625. The predicted molar refractivity (Wildman–Crippen MR) is 116 cm³/mol. The first-order valence-electron chi connectivity index (χ1n) is 8.90. The molecule has 1 atom stereocenters. The first-order valence-corrected chi connectivity index (χ1v) is 8.90. The van der Waals surface area contributed by atoms with Crippen LogP contribution in [0.3, 0.4) is 0 Å². The summed E-state index contributed by atoms with van der Waals surface area (Å²) < 4.78 is 13.0. The van der Waals surface area contributed by atoms with Crippen LogP contribution in [-0.2, 0) is 11.2 Å². The highest BCUT2D eigenvalue weighted by Gasteiger charge is 2.16. The lowest BCUT2D eigenvalue weighted by atomic mass is 9.98. The molecule has 0 aliphatic rings. The van der Waals surface area contributed by atoms with Crippen LogP contribution in [0.2, 0.25) is 0 Å². The largest absolute Gasteiger partial charge is 0.369 e. The Hall–Kier alpha value is -1.38. The molecule has 0 aliphatic carbocycles. The zero-order valence-electron chi connectivity index (χ0n) is 15.9. The Kier molecular flexibility index (Phi) is 13.0. The number of hydrogen-bond donors (Lipinski definition) is 3. The molecule has 5 nitrogen and oxygen atoms in total. The van der Waals surface area contributed by atoms with E-state index in [0.717, 1.165) is 24.4 Å². The van der Waals surface area contributed by atoms with Crippen LogP contribution in [0.25, 0.3) is 0 Å². The van der Waals surface area contributed by atoms with Crippen LogP contribution in [0, 0.1) is 17.7 Å². The second-order valence-electron chi connectivity index (χ2n) is 6.70.